The molecule has 0 unspecified atom stereocenters. The average molecular weight is 201 g/mol. The molecule has 1 aromatic carbocycles. The molecule has 0 atom stereocenters. The minimum Gasteiger partial charge on any atom is -0.289 e. The van der Waals surface area contributed by atoms with Gasteiger partial charge in [-0.3, -0.25) is 10.0 Å². The lowest BCUT2D eigenvalue weighted by Gasteiger charge is -2.00. The lowest BCUT2D eigenvalue weighted by atomic mass is 10.3. The van der Waals surface area contributed by atoms with Crippen molar-refractivity contribution in [3.05, 3.63) is 30.1 Å². The highest BCUT2D eigenvalue weighted by atomic mass is 32.2. The van der Waals surface area contributed by atoms with E-state index in [2.05, 4.69) is 0 Å². The van der Waals surface area contributed by atoms with Gasteiger partial charge in [-0.05, 0) is 12.1 Å². The number of hydroxylamine groups is 1. The molecule has 0 bridgehead atoms. The number of benzene rings is 1. The predicted octanol–water partition coefficient (Wildman–Crippen LogP) is 1.42. The molecule has 2 N–H and O–H groups in total. The van der Waals surface area contributed by atoms with Crippen LogP contribution in [0.1, 0.15) is 0 Å². The minimum absolute atomic E-state index is 0.00255. The van der Waals surface area contributed by atoms with Gasteiger partial charge < -0.3 is 0 Å². The van der Waals surface area contributed by atoms with E-state index < -0.39 is 5.91 Å². The zero-order chi connectivity index (χ0) is 9.68. The second-order valence-electron chi connectivity index (χ2n) is 2.25. The van der Waals surface area contributed by atoms with Crippen molar-refractivity contribution in [3.8, 4) is 0 Å². The number of halogens is 1. The maximum atomic E-state index is 12.9. The van der Waals surface area contributed by atoms with Crippen molar-refractivity contribution in [1.82, 2.24) is 5.48 Å². The number of rotatable bonds is 3. The highest BCUT2D eigenvalue weighted by Gasteiger charge is 2.04. The lowest BCUT2D eigenvalue weighted by molar-refractivity contribution is -0.126. The molecule has 5 heteroatoms. The summed E-state index contributed by atoms with van der Waals surface area (Å²) in [5.41, 5.74) is 1.47. The molecule has 0 radical (unpaired) electrons. The van der Waals surface area contributed by atoms with Crippen molar-refractivity contribution in [3.63, 3.8) is 0 Å². The summed E-state index contributed by atoms with van der Waals surface area (Å²) < 4.78 is 12.9. The second-order valence-corrected chi connectivity index (χ2v) is 3.27. The first-order valence-electron chi connectivity index (χ1n) is 3.54. The molecular formula is C8H8FNO2S. The molecule has 13 heavy (non-hydrogen) atoms. The van der Waals surface area contributed by atoms with Crippen LogP contribution < -0.4 is 5.48 Å². The predicted molar refractivity (Wildman–Crippen MR) is 47.1 cm³/mol. The monoisotopic (exact) mass is 201 g/mol. The Kier molecular flexibility index (Phi) is 3.72. The minimum atomic E-state index is -0.548. The number of amides is 1. The van der Waals surface area contributed by atoms with Crippen LogP contribution in [-0.2, 0) is 4.79 Å². The van der Waals surface area contributed by atoms with Crippen LogP contribution in [0.2, 0.25) is 0 Å². The Morgan fingerprint density at radius 3 is 2.85 bits per heavy atom. The zero-order valence-electron chi connectivity index (χ0n) is 6.66. The van der Waals surface area contributed by atoms with Crippen LogP contribution >= 0.6 is 11.8 Å². The largest absolute Gasteiger partial charge is 0.289 e. The number of thioether (sulfide) groups is 1. The highest BCUT2D eigenvalue weighted by molar-refractivity contribution is 8.00. The molecule has 0 aromatic heterocycles. The van der Waals surface area contributed by atoms with E-state index in [-0.39, 0.29) is 11.6 Å². The maximum Gasteiger partial charge on any atom is 0.253 e. The van der Waals surface area contributed by atoms with E-state index in [1.54, 1.807) is 18.2 Å². The van der Waals surface area contributed by atoms with E-state index in [1.165, 1.54) is 11.5 Å². The molecule has 1 aromatic rings. The fourth-order valence-electron chi connectivity index (χ4n) is 0.737. The van der Waals surface area contributed by atoms with Crippen molar-refractivity contribution in [2.24, 2.45) is 0 Å². The summed E-state index contributed by atoms with van der Waals surface area (Å²) in [7, 11) is 0. The van der Waals surface area contributed by atoms with Crippen LogP contribution in [-0.4, -0.2) is 16.9 Å². The van der Waals surface area contributed by atoms with Gasteiger partial charge in [0.25, 0.3) is 5.91 Å². The number of hydrogen-bond acceptors (Lipinski definition) is 3. The zero-order valence-corrected chi connectivity index (χ0v) is 7.47. The fourth-order valence-corrected chi connectivity index (χ4v) is 1.47. The first-order valence-corrected chi connectivity index (χ1v) is 4.53. The highest BCUT2D eigenvalue weighted by Crippen LogP contribution is 2.20. The van der Waals surface area contributed by atoms with Gasteiger partial charge in [0.15, 0.2) is 0 Å². The Morgan fingerprint density at radius 2 is 2.23 bits per heavy atom. The van der Waals surface area contributed by atoms with Gasteiger partial charge in [-0.15, -0.1) is 11.8 Å². The van der Waals surface area contributed by atoms with E-state index in [4.69, 9.17) is 5.21 Å². The molecule has 0 fully saturated rings. The molecule has 1 amide bonds. The maximum absolute atomic E-state index is 12.9. The molecule has 3 nitrogen and oxygen atoms in total. The van der Waals surface area contributed by atoms with Crippen LogP contribution in [0.15, 0.2) is 29.2 Å². The third-order valence-electron chi connectivity index (χ3n) is 1.32. The molecule has 0 aliphatic heterocycles. The normalized spacial score (nSPS) is 9.69. The Morgan fingerprint density at radius 1 is 1.54 bits per heavy atom. The van der Waals surface area contributed by atoms with E-state index in [0.29, 0.717) is 4.90 Å². The third kappa shape index (κ3) is 3.04. The van der Waals surface area contributed by atoms with Gasteiger partial charge in [0.1, 0.15) is 5.82 Å². The summed E-state index contributed by atoms with van der Waals surface area (Å²) in [4.78, 5) is 11.0. The Labute approximate surface area is 78.9 Å². The molecule has 0 saturated carbocycles. The number of carbonyl (C=O) groups excluding carboxylic acids is 1. The van der Waals surface area contributed by atoms with Gasteiger partial charge in [-0.25, -0.2) is 9.87 Å². The first kappa shape index (κ1) is 10.0. The lowest BCUT2D eigenvalue weighted by Crippen LogP contribution is -2.20. The summed E-state index contributed by atoms with van der Waals surface area (Å²) in [6, 6.07) is 6.15. The summed E-state index contributed by atoms with van der Waals surface area (Å²) in [5, 5.41) is 8.18. The van der Waals surface area contributed by atoms with Crippen LogP contribution in [0, 0.1) is 5.82 Å². The Bertz CT molecular complexity index is 306. The SMILES string of the molecule is O=C(CSc1ccccc1F)NO. The van der Waals surface area contributed by atoms with E-state index >= 15 is 0 Å². The van der Waals surface area contributed by atoms with Crippen molar-refractivity contribution < 1.29 is 14.4 Å². The summed E-state index contributed by atoms with van der Waals surface area (Å²) in [6.45, 7) is 0. The summed E-state index contributed by atoms with van der Waals surface area (Å²) in [6.07, 6.45) is 0. The second kappa shape index (κ2) is 4.84. The quantitative estimate of drug-likeness (QED) is 0.442. The molecular weight excluding hydrogens is 193 g/mol. The molecule has 0 heterocycles. The molecule has 0 aliphatic carbocycles. The first-order chi connectivity index (χ1) is 6.24. The van der Waals surface area contributed by atoms with Gasteiger partial charge >= 0.3 is 0 Å². The van der Waals surface area contributed by atoms with Crippen LogP contribution in [0.25, 0.3) is 0 Å². The summed E-state index contributed by atoms with van der Waals surface area (Å²) >= 11 is 1.03. The number of nitrogens with one attached hydrogen (secondary N) is 1. The van der Waals surface area contributed by atoms with Gasteiger partial charge in [-0.1, -0.05) is 12.1 Å². The molecule has 0 aliphatic rings. The number of hydrogen-bond donors (Lipinski definition) is 2. The Hall–Kier alpha value is -1.07. The van der Waals surface area contributed by atoms with E-state index in [1.807, 2.05) is 0 Å². The Balaban J connectivity index is 2.54. The topological polar surface area (TPSA) is 49.3 Å². The molecule has 70 valence electrons. The molecule has 0 spiro atoms. The van der Waals surface area contributed by atoms with Gasteiger partial charge in [0.05, 0.1) is 5.75 Å². The van der Waals surface area contributed by atoms with E-state index in [0.717, 1.165) is 11.8 Å². The van der Waals surface area contributed by atoms with Gasteiger partial charge in [0.2, 0.25) is 0 Å². The third-order valence-corrected chi connectivity index (χ3v) is 2.37. The van der Waals surface area contributed by atoms with Crippen molar-refractivity contribution in [1.29, 1.82) is 0 Å². The fraction of sp³-hybridized carbons (Fsp3) is 0.125. The van der Waals surface area contributed by atoms with Gasteiger partial charge in [0, 0.05) is 4.90 Å². The van der Waals surface area contributed by atoms with Crippen molar-refractivity contribution in [2.75, 3.05) is 5.75 Å². The molecule has 1 rings (SSSR count). The average Bonchev–Trinajstić information content (AvgIpc) is 2.16. The van der Waals surface area contributed by atoms with Crippen molar-refractivity contribution >= 4 is 17.7 Å². The smallest absolute Gasteiger partial charge is 0.253 e. The number of carbonyl (C=O) groups is 1. The standard InChI is InChI=1S/C8H8FNO2S/c9-6-3-1-2-4-7(6)13-5-8(11)10-12/h1-4,12H,5H2,(H,10,11). The summed E-state index contributed by atoms with van der Waals surface area (Å²) in [5.74, 6) is -0.913. The van der Waals surface area contributed by atoms with Crippen LogP contribution in [0.5, 0.6) is 0 Å². The van der Waals surface area contributed by atoms with Crippen molar-refractivity contribution in [2.45, 2.75) is 4.90 Å². The van der Waals surface area contributed by atoms with Gasteiger partial charge in [-0.2, -0.15) is 0 Å². The van der Waals surface area contributed by atoms with Crippen LogP contribution in [0.3, 0.4) is 0 Å². The molecule has 0 saturated heterocycles. The van der Waals surface area contributed by atoms with Crippen LogP contribution in [0.4, 0.5) is 4.39 Å². The van der Waals surface area contributed by atoms with E-state index in [9.17, 15) is 9.18 Å².